The minimum absolute atomic E-state index is 0.0677. The van der Waals surface area contributed by atoms with Gasteiger partial charge in [0, 0.05) is 30.2 Å². The third kappa shape index (κ3) is 4.44. The van der Waals surface area contributed by atoms with Gasteiger partial charge in [0.05, 0.1) is 0 Å². The van der Waals surface area contributed by atoms with Crippen LogP contribution in [0.1, 0.15) is 51.0 Å². The lowest BCUT2D eigenvalue weighted by Crippen LogP contribution is -2.46. The normalized spacial score (nSPS) is 17.5. The molecule has 2 rings (SSSR count). The number of benzene rings is 1. The largest absolute Gasteiger partial charge is 0.396 e. The number of amides is 2. The number of nitrogens with one attached hydrogen (secondary N) is 2. The predicted octanol–water partition coefficient (Wildman–Crippen LogP) is 3.24. The van der Waals surface area contributed by atoms with Crippen molar-refractivity contribution >= 4 is 6.03 Å². The van der Waals surface area contributed by atoms with Crippen LogP contribution >= 0.6 is 0 Å². The van der Waals surface area contributed by atoms with Crippen LogP contribution in [0.25, 0.3) is 0 Å². The zero-order valence-electron chi connectivity index (χ0n) is 14.1. The molecule has 0 aromatic heterocycles. The molecular formula is C18H26F2N2O2. The van der Waals surface area contributed by atoms with Crippen LogP contribution in [0.5, 0.6) is 0 Å². The van der Waals surface area contributed by atoms with Crippen LogP contribution in [0.15, 0.2) is 18.2 Å². The fourth-order valence-electron chi connectivity index (χ4n) is 3.57. The van der Waals surface area contributed by atoms with Crippen molar-refractivity contribution in [2.75, 3.05) is 13.2 Å². The third-order valence-electron chi connectivity index (χ3n) is 4.81. The first-order chi connectivity index (χ1) is 11.5. The molecule has 3 N–H and O–H groups in total. The summed E-state index contributed by atoms with van der Waals surface area (Å²) in [7, 11) is 0. The van der Waals surface area contributed by atoms with Crippen molar-refractivity contribution in [3.63, 3.8) is 0 Å². The Bertz CT molecular complexity index is 540. The minimum Gasteiger partial charge on any atom is -0.396 e. The van der Waals surface area contributed by atoms with Gasteiger partial charge in [0.1, 0.15) is 11.6 Å². The van der Waals surface area contributed by atoms with E-state index in [1.807, 2.05) is 6.92 Å². The summed E-state index contributed by atoms with van der Waals surface area (Å²) < 4.78 is 28.5. The third-order valence-corrected chi connectivity index (χ3v) is 4.81. The molecule has 1 unspecified atom stereocenters. The monoisotopic (exact) mass is 340 g/mol. The summed E-state index contributed by atoms with van der Waals surface area (Å²) in [6.07, 6.45) is 4.40. The van der Waals surface area contributed by atoms with Gasteiger partial charge in [-0.25, -0.2) is 13.6 Å². The number of rotatable bonds is 7. The second-order valence-electron chi connectivity index (χ2n) is 6.68. The summed E-state index contributed by atoms with van der Waals surface area (Å²) >= 11 is 0. The van der Waals surface area contributed by atoms with Gasteiger partial charge in [0.15, 0.2) is 0 Å². The molecule has 1 saturated carbocycles. The van der Waals surface area contributed by atoms with E-state index in [-0.39, 0.29) is 30.8 Å². The van der Waals surface area contributed by atoms with Gasteiger partial charge in [-0.3, -0.25) is 0 Å². The molecule has 134 valence electrons. The zero-order chi connectivity index (χ0) is 17.6. The number of carbonyl (C=O) groups is 1. The second-order valence-corrected chi connectivity index (χ2v) is 6.68. The number of halogens is 2. The topological polar surface area (TPSA) is 61.4 Å². The highest BCUT2D eigenvalue weighted by Crippen LogP contribution is 2.42. The predicted molar refractivity (Wildman–Crippen MR) is 88.8 cm³/mol. The van der Waals surface area contributed by atoms with Gasteiger partial charge in [0.25, 0.3) is 0 Å². The van der Waals surface area contributed by atoms with Crippen molar-refractivity contribution < 1.29 is 18.7 Å². The molecule has 0 radical (unpaired) electrons. The molecular weight excluding hydrogens is 314 g/mol. The standard InChI is InChI=1S/C18H26F2N2O2/c1-13(6-5-11-23)22-17(24)21-12-18(9-2-3-10-18)16-14(19)7-4-8-15(16)20/h4,7-8,13,23H,2-3,5-6,9-12H2,1H3,(H2,21,22,24). The van der Waals surface area contributed by atoms with E-state index in [1.165, 1.54) is 18.2 Å². The Labute approximate surface area is 141 Å². The summed E-state index contributed by atoms with van der Waals surface area (Å²) in [6, 6.07) is 3.50. The lowest BCUT2D eigenvalue weighted by molar-refractivity contribution is 0.230. The fraction of sp³-hybridized carbons (Fsp3) is 0.611. The molecule has 1 fully saturated rings. The molecule has 4 nitrogen and oxygen atoms in total. The Kier molecular flexibility index (Phi) is 6.54. The molecule has 6 heteroatoms. The maximum Gasteiger partial charge on any atom is 0.315 e. The highest BCUT2D eigenvalue weighted by molar-refractivity contribution is 5.74. The van der Waals surface area contributed by atoms with Crippen LogP contribution in [0.3, 0.4) is 0 Å². The average Bonchev–Trinajstić information content (AvgIpc) is 3.00. The van der Waals surface area contributed by atoms with Gasteiger partial charge in [0.2, 0.25) is 0 Å². The van der Waals surface area contributed by atoms with E-state index in [1.54, 1.807) is 0 Å². The maximum absolute atomic E-state index is 14.2. The molecule has 0 spiro atoms. The first kappa shape index (κ1) is 18.6. The number of hydrogen-bond donors (Lipinski definition) is 3. The average molecular weight is 340 g/mol. The number of carbonyl (C=O) groups excluding carboxylic acids is 1. The molecule has 1 aromatic carbocycles. The summed E-state index contributed by atoms with van der Waals surface area (Å²) in [5, 5.41) is 14.4. The van der Waals surface area contributed by atoms with Crippen LogP contribution < -0.4 is 10.6 Å². The number of urea groups is 1. The van der Waals surface area contributed by atoms with E-state index < -0.39 is 17.0 Å². The molecule has 1 aromatic rings. The second kappa shape index (κ2) is 8.42. The minimum atomic E-state index is -0.679. The zero-order valence-corrected chi connectivity index (χ0v) is 14.1. The Morgan fingerprint density at radius 2 is 1.92 bits per heavy atom. The van der Waals surface area contributed by atoms with Crippen LogP contribution in [-0.4, -0.2) is 30.3 Å². The SMILES string of the molecule is CC(CCCO)NC(=O)NCC1(c2c(F)cccc2F)CCCC1. The molecule has 0 saturated heterocycles. The van der Waals surface area contributed by atoms with E-state index in [4.69, 9.17) is 5.11 Å². The fourth-order valence-corrected chi connectivity index (χ4v) is 3.57. The van der Waals surface area contributed by atoms with Crippen LogP contribution in [0.2, 0.25) is 0 Å². The molecule has 1 aliphatic carbocycles. The van der Waals surface area contributed by atoms with E-state index in [2.05, 4.69) is 10.6 Å². The summed E-state index contributed by atoms with van der Waals surface area (Å²) in [4.78, 5) is 12.0. The first-order valence-electron chi connectivity index (χ1n) is 8.58. The summed E-state index contributed by atoms with van der Waals surface area (Å²) in [5.41, 5.74) is -0.586. The van der Waals surface area contributed by atoms with Crippen LogP contribution in [0.4, 0.5) is 13.6 Å². The Morgan fingerprint density at radius 1 is 1.29 bits per heavy atom. The van der Waals surface area contributed by atoms with Gasteiger partial charge >= 0.3 is 6.03 Å². The van der Waals surface area contributed by atoms with E-state index in [0.29, 0.717) is 25.7 Å². The molecule has 0 heterocycles. The van der Waals surface area contributed by atoms with Crippen LogP contribution in [0, 0.1) is 11.6 Å². The van der Waals surface area contributed by atoms with Crippen molar-refractivity contribution in [2.24, 2.45) is 0 Å². The van der Waals surface area contributed by atoms with Crippen molar-refractivity contribution in [1.29, 1.82) is 0 Å². The van der Waals surface area contributed by atoms with Gasteiger partial charge in [-0.2, -0.15) is 0 Å². The smallest absolute Gasteiger partial charge is 0.315 e. The Balaban J connectivity index is 2.03. The van der Waals surface area contributed by atoms with Gasteiger partial charge in [-0.1, -0.05) is 18.9 Å². The highest BCUT2D eigenvalue weighted by Gasteiger charge is 2.40. The Hall–Kier alpha value is -1.69. The highest BCUT2D eigenvalue weighted by atomic mass is 19.1. The molecule has 1 atom stereocenters. The van der Waals surface area contributed by atoms with E-state index >= 15 is 0 Å². The number of hydrogen-bond acceptors (Lipinski definition) is 2. The molecule has 1 aliphatic rings. The van der Waals surface area contributed by atoms with Crippen LogP contribution in [-0.2, 0) is 5.41 Å². The summed E-state index contributed by atoms with van der Waals surface area (Å²) in [6.45, 7) is 2.16. The Morgan fingerprint density at radius 3 is 2.50 bits per heavy atom. The number of aliphatic hydroxyl groups excluding tert-OH is 1. The maximum atomic E-state index is 14.2. The van der Waals surface area contributed by atoms with Gasteiger partial charge < -0.3 is 15.7 Å². The quantitative estimate of drug-likeness (QED) is 0.714. The lowest BCUT2D eigenvalue weighted by Gasteiger charge is -2.31. The molecule has 2 amide bonds. The first-order valence-corrected chi connectivity index (χ1v) is 8.58. The lowest BCUT2D eigenvalue weighted by atomic mass is 9.78. The van der Waals surface area contributed by atoms with Gasteiger partial charge in [-0.15, -0.1) is 0 Å². The molecule has 0 aliphatic heterocycles. The van der Waals surface area contributed by atoms with Crippen molar-refractivity contribution in [2.45, 2.75) is 56.9 Å². The van der Waals surface area contributed by atoms with Crippen molar-refractivity contribution in [1.82, 2.24) is 10.6 Å². The van der Waals surface area contributed by atoms with E-state index in [0.717, 1.165) is 12.8 Å². The molecule has 24 heavy (non-hydrogen) atoms. The van der Waals surface area contributed by atoms with Gasteiger partial charge in [-0.05, 0) is 44.7 Å². The van der Waals surface area contributed by atoms with Crippen molar-refractivity contribution in [3.8, 4) is 0 Å². The number of aliphatic hydroxyl groups is 1. The van der Waals surface area contributed by atoms with E-state index in [9.17, 15) is 13.6 Å². The van der Waals surface area contributed by atoms with Crippen molar-refractivity contribution in [3.05, 3.63) is 35.4 Å². The summed E-state index contributed by atoms with van der Waals surface area (Å²) in [5.74, 6) is -1.09. The molecule has 0 bridgehead atoms.